The van der Waals surface area contributed by atoms with E-state index in [0.29, 0.717) is 11.0 Å². The lowest BCUT2D eigenvalue weighted by Gasteiger charge is -2.06. The molecule has 2 heterocycles. The monoisotopic (exact) mass is 184 g/mol. The Morgan fingerprint density at radius 1 is 1.58 bits per heavy atom. The Bertz CT molecular complexity index is 274. The fraction of sp³-hybridized carbons (Fsp3) is 0.500. The summed E-state index contributed by atoms with van der Waals surface area (Å²) in [5, 5.41) is 0.482. The molecule has 1 saturated heterocycles. The Morgan fingerprint density at radius 3 is 3.17 bits per heavy atom. The van der Waals surface area contributed by atoms with E-state index in [2.05, 4.69) is 9.97 Å². The van der Waals surface area contributed by atoms with Crippen molar-refractivity contribution in [1.82, 2.24) is 9.97 Å². The van der Waals surface area contributed by atoms with Gasteiger partial charge in [0.05, 0.1) is 0 Å². The van der Waals surface area contributed by atoms with Crippen molar-refractivity contribution < 1.29 is 4.74 Å². The van der Waals surface area contributed by atoms with Gasteiger partial charge in [-0.05, 0) is 18.9 Å². The second-order valence-corrected chi connectivity index (χ2v) is 3.13. The average molecular weight is 185 g/mol. The molecule has 12 heavy (non-hydrogen) atoms. The third-order valence-electron chi connectivity index (χ3n) is 1.86. The highest BCUT2D eigenvalue weighted by Crippen LogP contribution is 2.25. The minimum absolute atomic E-state index is 0.0590. The van der Waals surface area contributed by atoms with Crippen LogP contribution in [0, 0.1) is 0 Å². The third-order valence-corrected chi connectivity index (χ3v) is 2.07. The van der Waals surface area contributed by atoms with Gasteiger partial charge in [0.2, 0.25) is 0 Å². The quantitative estimate of drug-likeness (QED) is 0.626. The largest absolute Gasteiger partial charge is 0.370 e. The van der Waals surface area contributed by atoms with E-state index in [1.807, 2.05) is 0 Å². The summed E-state index contributed by atoms with van der Waals surface area (Å²) >= 11 is 5.72. The molecular weight excluding hydrogens is 176 g/mol. The predicted molar refractivity (Wildman–Crippen MR) is 45.0 cm³/mol. The number of aromatic nitrogens is 2. The average Bonchev–Trinajstić information content (AvgIpc) is 2.56. The fourth-order valence-electron chi connectivity index (χ4n) is 1.29. The maximum Gasteiger partial charge on any atom is 0.158 e. The van der Waals surface area contributed by atoms with E-state index in [9.17, 15) is 0 Å². The number of nitrogens with zero attached hydrogens (tertiary/aromatic N) is 2. The molecule has 2 rings (SSSR count). The first-order valence-electron chi connectivity index (χ1n) is 3.96. The van der Waals surface area contributed by atoms with Crippen LogP contribution >= 0.6 is 11.6 Å². The molecular formula is C8H9ClN2O. The Labute approximate surface area is 75.7 Å². The van der Waals surface area contributed by atoms with Gasteiger partial charge in [-0.1, -0.05) is 11.6 Å². The number of hydrogen-bond donors (Lipinski definition) is 0. The minimum atomic E-state index is 0.0590. The highest BCUT2D eigenvalue weighted by atomic mass is 35.5. The van der Waals surface area contributed by atoms with Crippen molar-refractivity contribution in [1.29, 1.82) is 0 Å². The van der Waals surface area contributed by atoms with E-state index in [0.717, 1.165) is 19.4 Å². The zero-order valence-electron chi connectivity index (χ0n) is 6.53. The van der Waals surface area contributed by atoms with Crippen LogP contribution in [0.5, 0.6) is 0 Å². The van der Waals surface area contributed by atoms with Gasteiger partial charge in [-0.15, -0.1) is 0 Å². The van der Waals surface area contributed by atoms with Crippen LogP contribution in [0.1, 0.15) is 24.8 Å². The van der Waals surface area contributed by atoms with Crippen molar-refractivity contribution in [3.05, 3.63) is 23.2 Å². The summed E-state index contributed by atoms with van der Waals surface area (Å²) in [6, 6.07) is 1.67. The first-order chi connectivity index (χ1) is 5.86. The summed E-state index contributed by atoms with van der Waals surface area (Å²) in [6.07, 6.45) is 3.80. The molecule has 1 aliphatic heterocycles. The van der Waals surface area contributed by atoms with Crippen molar-refractivity contribution in [2.45, 2.75) is 18.9 Å². The Balaban J connectivity index is 2.21. The van der Waals surface area contributed by atoms with E-state index in [1.54, 1.807) is 12.3 Å². The molecule has 0 spiro atoms. The molecule has 0 aliphatic carbocycles. The van der Waals surface area contributed by atoms with Gasteiger partial charge in [0.1, 0.15) is 11.3 Å². The van der Waals surface area contributed by atoms with Gasteiger partial charge in [-0.2, -0.15) is 0 Å². The van der Waals surface area contributed by atoms with Crippen LogP contribution in [0.3, 0.4) is 0 Å². The lowest BCUT2D eigenvalue weighted by Crippen LogP contribution is -2.01. The zero-order valence-corrected chi connectivity index (χ0v) is 7.29. The maximum absolute atomic E-state index is 5.72. The van der Waals surface area contributed by atoms with Gasteiger partial charge in [0, 0.05) is 12.8 Å². The zero-order chi connectivity index (χ0) is 8.39. The van der Waals surface area contributed by atoms with Crippen LogP contribution < -0.4 is 0 Å². The SMILES string of the molecule is Clc1ccnc(C2CCCO2)n1. The van der Waals surface area contributed by atoms with Crippen molar-refractivity contribution in [2.24, 2.45) is 0 Å². The van der Waals surface area contributed by atoms with Gasteiger partial charge < -0.3 is 4.74 Å². The molecule has 4 heteroatoms. The molecule has 1 aromatic rings. The van der Waals surface area contributed by atoms with Crippen LogP contribution in [-0.4, -0.2) is 16.6 Å². The van der Waals surface area contributed by atoms with Gasteiger partial charge in [-0.25, -0.2) is 9.97 Å². The number of rotatable bonds is 1. The maximum atomic E-state index is 5.72. The lowest BCUT2D eigenvalue weighted by molar-refractivity contribution is 0.105. The van der Waals surface area contributed by atoms with Crippen molar-refractivity contribution in [3.63, 3.8) is 0 Å². The molecule has 1 aromatic heterocycles. The molecule has 0 N–H and O–H groups in total. The van der Waals surface area contributed by atoms with Gasteiger partial charge in [-0.3, -0.25) is 0 Å². The molecule has 0 radical (unpaired) electrons. The second-order valence-electron chi connectivity index (χ2n) is 2.74. The number of halogens is 1. The summed E-state index contributed by atoms with van der Waals surface area (Å²) in [5.41, 5.74) is 0. The van der Waals surface area contributed by atoms with E-state index in [-0.39, 0.29) is 6.10 Å². The molecule has 0 saturated carbocycles. The van der Waals surface area contributed by atoms with E-state index in [4.69, 9.17) is 16.3 Å². The predicted octanol–water partition coefficient (Wildman–Crippen LogP) is 1.98. The van der Waals surface area contributed by atoms with Crippen LogP contribution in [-0.2, 0) is 4.74 Å². The fourth-order valence-corrected chi connectivity index (χ4v) is 1.43. The highest BCUT2D eigenvalue weighted by Gasteiger charge is 2.20. The van der Waals surface area contributed by atoms with Crippen LogP contribution in [0.15, 0.2) is 12.3 Å². The van der Waals surface area contributed by atoms with Gasteiger partial charge in [0.25, 0.3) is 0 Å². The molecule has 1 aliphatic rings. The van der Waals surface area contributed by atoms with Crippen LogP contribution in [0.4, 0.5) is 0 Å². The van der Waals surface area contributed by atoms with Crippen molar-refractivity contribution in [2.75, 3.05) is 6.61 Å². The molecule has 64 valence electrons. The first-order valence-corrected chi connectivity index (χ1v) is 4.34. The molecule has 0 aromatic carbocycles. The van der Waals surface area contributed by atoms with E-state index in [1.165, 1.54) is 0 Å². The smallest absolute Gasteiger partial charge is 0.158 e. The molecule has 0 amide bonds. The summed E-state index contributed by atoms with van der Waals surface area (Å²) < 4.78 is 5.41. The Kier molecular flexibility index (Phi) is 2.23. The van der Waals surface area contributed by atoms with Crippen LogP contribution in [0.2, 0.25) is 5.15 Å². The highest BCUT2D eigenvalue weighted by molar-refractivity contribution is 6.29. The number of ether oxygens (including phenoxy) is 1. The normalized spacial score (nSPS) is 22.9. The van der Waals surface area contributed by atoms with E-state index < -0.39 is 0 Å². The standard InChI is InChI=1S/C8H9ClN2O/c9-7-3-4-10-8(11-7)6-2-1-5-12-6/h3-4,6H,1-2,5H2. The van der Waals surface area contributed by atoms with E-state index >= 15 is 0 Å². The van der Waals surface area contributed by atoms with Crippen LogP contribution in [0.25, 0.3) is 0 Å². The summed E-state index contributed by atoms with van der Waals surface area (Å²) in [7, 11) is 0. The first kappa shape index (κ1) is 7.95. The van der Waals surface area contributed by atoms with Gasteiger partial charge in [0.15, 0.2) is 5.82 Å². The van der Waals surface area contributed by atoms with Crippen molar-refractivity contribution >= 4 is 11.6 Å². The topological polar surface area (TPSA) is 35.0 Å². The molecule has 1 unspecified atom stereocenters. The Morgan fingerprint density at radius 2 is 2.50 bits per heavy atom. The lowest BCUT2D eigenvalue weighted by atomic mass is 10.2. The van der Waals surface area contributed by atoms with Crippen molar-refractivity contribution in [3.8, 4) is 0 Å². The third kappa shape index (κ3) is 1.57. The molecule has 3 nitrogen and oxygen atoms in total. The summed E-state index contributed by atoms with van der Waals surface area (Å²) in [4.78, 5) is 8.19. The molecule has 1 fully saturated rings. The summed E-state index contributed by atoms with van der Waals surface area (Å²) in [5.74, 6) is 0.708. The molecule has 0 bridgehead atoms. The van der Waals surface area contributed by atoms with Gasteiger partial charge >= 0.3 is 0 Å². The number of hydrogen-bond acceptors (Lipinski definition) is 3. The molecule has 1 atom stereocenters. The Hall–Kier alpha value is -0.670. The minimum Gasteiger partial charge on any atom is -0.370 e. The second kappa shape index (κ2) is 3.37. The summed E-state index contributed by atoms with van der Waals surface area (Å²) in [6.45, 7) is 0.806.